The number of nitrogens with zero attached hydrogens (tertiary/aromatic N) is 2. The molecule has 32 heavy (non-hydrogen) atoms. The minimum absolute atomic E-state index is 0.0983. The zero-order valence-corrected chi connectivity index (χ0v) is 19.2. The molecule has 1 N–H and O–H groups in total. The Morgan fingerprint density at radius 2 is 1.94 bits per heavy atom. The van der Waals surface area contributed by atoms with E-state index in [0.29, 0.717) is 19.6 Å². The molecule has 4 aliphatic rings. The lowest BCUT2D eigenvalue weighted by Gasteiger charge is -2.40. The Morgan fingerprint density at radius 3 is 2.66 bits per heavy atom. The minimum Gasteiger partial charge on any atom is -0.465 e. The number of esters is 1. The van der Waals surface area contributed by atoms with Crippen LogP contribution in [0, 0.1) is 11.8 Å². The second-order valence-electron chi connectivity index (χ2n) is 10.1. The molecule has 1 spiro atoms. The van der Waals surface area contributed by atoms with Crippen LogP contribution in [0.25, 0.3) is 0 Å². The maximum atomic E-state index is 13.9. The highest BCUT2D eigenvalue weighted by Crippen LogP contribution is 2.53. The number of likely N-dealkylation sites (tertiary alicyclic amines) is 1. The Labute approximate surface area is 189 Å². The average molecular weight is 447 g/mol. The summed E-state index contributed by atoms with van der Waals surface area (Å²) in [6.45, 7) is 6.71. The van der Waals surface area contributed by atoms with Gasteiger partial charge in [0.1, 0.15) is 17.6 Å². The van der Waals surface area contributed by atoms with E-state index in [2.05, 4.69) is 0 Å². The van der Waals surface area contributed by atoms with Gasteiger partial charge in [-0.2, -0.15) is 0 Å². The number of allylic oxidation sites excluding steroid dienone is 1. The van der Waals surface area contributed by atoms with Gasteiger partial charge in [0.15, 0.2) is 0 Å². The zero-order chi connectivity index (χ0) is 23.1. The van der Waals surface area contributed by atoms with Gasteiger partial charge in [0.2, 0.25) is 11.8 Å². The predicted octanol–water partition coefficient (Wildman–Crippen LogP) is 1.43. The number of hydrogen-bond donors (Lipinski definition) is 1. The van der Waals surface area contributed by atoms with E-state index in [1.165, 1.54) is 4.90 Å². The van der Waals surface area contributed by atoms with Gasteiger partial charge in [-0.05, 0) is 46.5 Å². The molecule has 8 heteroatoms. The van der Waals surface area contributed by atoms with Crippen LogP contribution in [0.2, 0.25) is 0 Å². The lowest BCUT2D eigenvalue weighted by Crippen LogP contribution is -2.58. The van der Waals surface area contributed by atoms with Crippen molar-refractivity contribution in [3.63, 3.8) is 0 Å². The summed E-state index contributed by atoms with van der Waals surface area (Å²) in [5.74, 6) is -2.58. The topological polar surface area (TPSA) is 96.4 Å². The second kappa shape index (κ2) is 8.63. The van der Waals surface area contributed by atoms with E-state index >= 15 is 0 Å². The maximum Gasteiger partial charge on any atom is 0.312 e. The number of ether oxygens (including phenoxy) is 2. The number of carbonyl (C=O) groups is 3. The van der Waals surface area contributed by atoms with E-state index in [9.17, 15) is 19.5 Å². The molecule has 2 fully saturated rings. The van der Waals surface area contributed by atoms with Crippen molar-refractivity contribution in [1.82, 2.24) is 9.80 Å². The summed E-state index contributed by atoms with van der Waals surface area (Å²) in [4.78, 5) is 44.0. The van der Waals surface area contributed by atoms with Crippen molar-refractivity contribution in [3.8, 4) is 0 Å². The van der Waals surface area contributed by atoms with Gasteiger partial charge in [-0.1, -0.05) is 24.3 Å². The second-order valence-corrected chi connectivity index (χ2v) is 10.1. The predicted molar refractivity (Wildman–Crippen MR) is 116 cm³/mol. The minimum atomic E-state index is -1.24. The van der Waals surface area contributed by atoms with Gasteiger partial charge < -0.3 is 24.4 Å². The summed E-state index contributed by atoms with van der Waals surface area (Å²) in [5, 5.41) is 9.41. The summed E-state index contributed by atoms with van der Waals surface area (Å²) in [6.07, 6.45) is 9.80. The van der Waals surface area contributed by atoms with Crippen molar-refractivity contribution in [1.29, 1.82) is 0 Å². The average Bonchev–Trinajstić information content (AvgIpc) is 3.10. The van der Waals surface area contributed by atoms with E-state index in [1.54, 1.807) is 4.90 Å². The zero-order valence-electron chi connectivity index (χ0n) is 19.2. The van der Waals surface area contributed by atoms with E-state index in [-0.39, 0.29) is 25.0 Å². The fourth-order valence-corrected chi connectivity index (χ4v) is 5.50. The van der Waals surface area contributed by atoms with Crippen LogP contribution in [0.1, 0.15) is 46.5 Å². The van der Waals surface area contributed by atoms with Crippen LogP contribution in [-0.4, -0.2) is 82.3 Å². The van der Waals surface area contributed by atoms with Gasteiger partial charge in [-0.15, -0.1) is 0 Å². The van der Waals surface area contributed by atoms with E-state index < -0.39 is 41.1 Å². The van der Waals surface area contributed by atoms with Gasteiger partial charge in [0.05, 0.1) is 18.6 Å². The van der Waals surface area contributed by atoms with E-state index in [0.717, 1.165) is 19.3 Å². The highest BCUT2D eigenvalue weighted by Gasteiger charge is 2.71. The molecule has 0 aromatic heterocycles. The Bertz CT molecular complexity index is 831. The fourth-order valence-electron chi connectivity index (χ4n) is 5.50. The quantitative estimate of drug-likeness (QED) is 0.521. The van der Waals surface area contributed by atoms with Gasteiger partial charge in [-0.3, -0.25) is 14.4 Å². The van der Waals surface area contributed by atoms with Gasteiger partial charge in [0.25, 0.3) is 0 Å². The van der Waals surface area contributed by atoms with Crippen molar-refractivity contribution in [2.45, 2.75) is 69.7 Å². The van der Waals surface area contributed by atoms with Crippen LogP contribution in [-0.2, 0) is 23.9 Å². The molecule has 0 aliphatic carbocycles. The number of cyclic esters (lactones) is 1. The largest absolute Gasteiger partial charge is 0.465 e. The van der Waals surface area contributed by atoms with Gasteiger partial charge >= 0.3 is 5.97 Å². The van der Waals surface area contributed by atoms with Crippen LogP contribution < -0.4 is 0 Å². The Morgan fingerprint density at radius 1 is 1.16 bits per heavy atom. The molecule has 5 atom stereocenters. The number of fused-ring (bicyclic) bond motifs is 2. The Balaban J connectivity index is 1.81. The van der Waals surface area contributed by atoms with Crippen LogP contribution in [0.15, 0.2) is 24.3 Å². The van der Waals surface area contributed by atoms with Gasteiger partial charge in [-0.25, -0.2) is 0 Å². The highest BCUT2D eigenvalue weighted by atomic mass is 16.6. The first-order chi connectivity index (χ1) is 15.2. The lowest BCUT2D eigenvalue weighted by atomic mass is 9.77. The molecule has 2 amide bonds. The van der Waals surface area contributed by atoms with Crippen molar-refractivity contribution in [3.05, 3.63) is 24.3 Å². The SMILES string of the molecule is CC(C)(C)N1CC=C[C@]23O[C@H]4/C=C\CCCCOC(=O)[C@H]4[C@H]2C(=O)N(CCCO)C3C1=O. The normalized spacial score (nSPS) is 36.3. The molecule has 0 aromatic carbocycles. The van der Waals surface area contributed by atoms with E-state index in [1.807, 2.05) is 45.1 Å². The first-order valence-electron chi connectivity index (χ1n) is 11.6. The Kier molecular flexibility index (Phi) is 6.20. The van der Waals surface area contributed by atoms with Crippen LogP contribution in [0.3, 0.4) is 0 Å². The Hall–Kier alpha value is -2.19. The molecule has 8 nitrogen and oxygen atoms in total. The van der Waals surface area contributed by atoms with Crippen LogP contribution in [0.4, 0.5) is 0 Å². The van der Waals surface area contributed by atoms with Crippen LogP contribution in [0.5, 0.6) is 0 Å². The monoisotopic (exact) mass is 446 g/mol. The molecule has 0 aromatic rings. The summed E-state index contributed by atoms with van der Waals surface area (Å²) < 4.78 is 12.1. The number of rotatable bonds is 3. The van der Waals surface area contributed by atoms with Crippen LogP contribution >= 0.6 is 0 Å². The van der Waals surface area contributed by atoms with Crippen molar-refractivity contribution in [2.24, 2.45) is 11.8 Å². The summed E-state index contributed by atoms with van der Waals surface area (Å²) in [7, 11) is 0. The van der Waals surface area contributed by atoms with Crippen molar-refractivity contribution < 1.29 is 29.0 Å². The third kappa shape index (κ3) is 3.67. The molecule has 2 saturated heterocycles. The van der Waals surface area contributed by atoms with Gasteiger partial charge in [0, 0.05) is 25.2 Å². The van der Waals surface area contributed by atoms with Crippen molar-refractivity contribution >= 4 is 17.8 Å². The van der Waals surface area contributed by atoms with E-state index in [4.69, 9.17) is 9.47 Å². The number of aliphatic hydroxyl groups is 1. The molecular formula is C24H34N2O6. The fraction of sp³-hybridized carbons (Fsp3) is 0.708. The third-order valence-electron chi connectivity index (χ3n) is 6.97. The first-order valence-corrected chi connectivity index (χ1v) is 11.6. The summed E-state index contributed by atoms with van der Waals surface area (Å²) in [6, 6.07) is -0.886. The molecule has 4 rings (SSSR count). The standard InChI is InChI=1S/C24H34N2O6/c1-23(2,3)26-13-8-11-24-18(20(28)25(12-9-14-27)19(24)21(26)29)17-16(32-24)10-6-4-5-7-15-31-22(17)30/h6,8,10-11,16-19,27H,4-5,7,9,12-15H2,1-3H3/b10-6-/t16-,17+,18-,19?,24-/m0/s1. The number of hydrogen-bond acceptors (Lipinski definition) is 6. The molecule has 0 radical (unpaired) electrons. The molecule has 4 heterocycles. The molecule has 0 bridgehead atoms. The molecule has 4 aliphatic heterocycles. The number of amides is 2. The molecule has 0 saturated carbocycles. The summed E-state index contributed by atoms with van der Waals surface area (Å²) in [5.41, 5.74) is -1.69. The molecule has 1 unspecified atom stereocenters. The third-order valence-corrected chi connectivity index (χ3v) is 6.97. The lowest BCUT2D eigenvalue weighted by molar-refractivity contribution is -0.155. The molecule has 176 valence electrons. The van der Waals surface area contributed by atoms with Crippen molar-refractivity contribution in [2.75, 3.05) is 26.3 Å². The summed E-state index contributed by atoms with van der Waals surface area (Å²) >= 11 is 0. The first kappa shape index (κ1) is 23.0. The maximum absolute atomic E-state index is 13.9. The molecular weight excluding hydrogens is 412 g/mol. The highest BCUT2D eigenvalue weighted by molar-refractivity contribution is 5.99. The number of aliphatic hydroxyl groups excluding tert-OH is 1. The number of carbonyl (C=O) groups excluding carboxylic acids is 3. The smallest absolute Gasteiger partial charge is 0.312 e.